The molecule has 0 aliphatic heterocycles. The SMILES string of the molecule is NC(=O)Oc1sc2nc(-c3ccc(-n4ccnc4)cc3)cc(C(F)(F)F)c2c1N. The van der Waals surface area contributed by atoms with E-state index in [1.54, 1.807) is 47.6 Å². The second-order valence-electron chi connectivity index (χ2n) is 5.97. The van der Waals surface area contributed by atoms with Crippen LogP contribution >= 0.6 is 11.3 Å². The van der Waals surface area contributed by atoms with E-state index in [0.29, 0.717) is 5.56 Å². The van der Waals surface area contributed by atoms with Crippen LogP contribution in [-0.2, 0) is 6.18 Å². The highest BCUT2D eigenvalue weighted by Gasteiger charge is 2.36. The molecule has 4 aromatic rings. The van der Waals surface area contributed by atoms with Gasteiger partial charge in [-0.1, -0.05) is 23.5 Å². The summed E-state index contributed by atoms with van der Waals surface area (Å²) in [6.07, 6.45) is -0.893. The average molecular weight is 419 g/mol. The molecule has 0 unspecified atom stereocenters. The van der Waals surface area contributed by atoms with Crippen molar-refractivity contribution >= 4 is 33.3 Å². The molecule has 0 bridgehead atoms. The van der Waals surface area contributed by atoms with Crippen LogP contribution in [0.3, 0.4) is 0 Å². The average Bonchev–Trinajstić information content (AvgIpc) is 3.29. The molecule has 3 heterocycles. The van der Waals surface area contributed by atoms with Crippen LogP contribution in [-0.4, -0.2) is 20.6 Å². The maximum Gasteiger partial charge on any atom is 0.417 e. The molecule has 1 aromatic carbocycles. The fourth-order valence-corrected chi connectivity index (χ4v) is 3.83. The molecular formula is C18H12F3N5O2S. The number of thiophene rings is 1. The number of benzene rings is 1. The third kappa shape index (κ3) is 3.47. The first kappa shape index (κ1) is 18.7. The number of halogens is 3. The molecule has 0 fully saturated rings. The molecule has 0 saturated heterocycles. The number of pyridine rings is 1. The Morgan fingerprint density at radius 3 is 2.52 bits per heavy atom. The number of anilines is 1. The van der Waals surface area contributed by atoms with Crippen molar-refractivity contribution in [2.45, 2.75) is 6.18 Å². The van der Waals surface area contributed by atoms with Crippen molar-refractivity contribution in [2.75, 3.05) is 5.73 Å². The number of alkyl halides is 3. The van der Waals surface area contributed by atoms with Gasteiger partial charge in [0.05, 0.1) is 28.7 Å². The Morgan fingerprint density at radius 2 is 1.93 bits per heavy atom. The van der Waals surface area contributed by atoms with Crippen LogP contribution in [0.15, 0.2) is 49.1 Å². The normalized spacial score (nSPS) is 11.7. The van der Waals surface area contributed by atoms with Crippen LogP contribution in [0.5, 0.6) is 5.06 Å². The number of nitrogen functional groups attached to an aromatic ring is 1. The summed E-state index contributed by atoms with van der Waals surface area (Å²) in [5.41, 5.74) is 10.8. The van der Waals surface area contributed by atoms with Gasteiger partial charge in [0.2, 0.25) is 5.06 Å². The fourth-order valence-electron chi connectivity index (χ4n) is 2.86. The van der Waals surface area contributed by atoms with Crippen LogP contribution in [0.4, 0.5) is 23.7 Å². The third-order valence-electron chi connectivity index (χ3n) is 4.13. The van der Waals surface area contributed by atoms with Gasteiger partial charge < -0.3 is 20.8 Å². The van der Waals surface area contributed by atoms with Crippen molar-refractivity contribution in [1.29, 1.82) is 0 Å². The van der Waals surface area contributed by atoms with Gasteiger partial charge in [-0.3, -0.25) is 0 Å². The van der Waals surface area contributed by atoms with E-state index < -0.39 is 17.8 Å². The number of fused-ring (bicyclic) bond motifs is 1. The van der Waals surface area contributed by atoms with Gasteiger partial charge in [0.25, 0.3) is 0 Å². The molecule has 0 atom stereocenters. The number of carbonyl (C=O) groups excluding carboxylic acids is 1. The zero-order valence-electron chi connectivity index (χ0n) is 14.5. The van der Waals surface area contributed by atoms with E-state index in [4.69, 9.17) is 16.2 Å². The number of imidazole rings is 1. The second-order valence-corrected chi connectivity index (χ2v) is 6.94. The monoisotopic (exact) mass is 419 g/mol. The third-order valence-corrected chi connectivity index (χ3v) is 5.11. The van der Waals surface area contributed by atoms with Crippen molar-refractivity contribution < 1.29 is 22.7 Å². The highest BCUT2D eigenvalue weighted by molar-refractivity contribution is 7.21. The number of aromatic nitrogens is 3. The Balaban J connectivity index is 1.86. The summed E-state index contributed by atoms with van der Waals surface area (Å²) >= 11 is 0.721. The van der Waals surface area contributed by atoms with Crippen molar-refractivity contribution in [2.24, 2.45) is 5.73 Å². The minimum Gasteiger partial charge on any atom is -0.397 e. The largest absolute Gasteiger partial charge is 0.417 e. The molecule has 3 aromatic heterocycles. The van der Waals surface area contributed by atoms with Gasteiger partial charge in [-0.25, -0.2) is 14.8 Å². The van der Waals surface area contributed by atoms with Gasteiger partial charge in [0.1, 0.15) is 4.83 Å². The Hall–Kier alpha value is -3.60. The van der Waals surface area contributed by atoms with Gasteiger partial charge in [-0.2, -0.15) is 13.2 Å². The maximum atomic E-state index is 13.7. The summed E-state index contributed by atoms with van der Waals surface area (Å²) in [4.78, 5) is 19.2. The lowest BCUT2D eigenvalue weighted by Gasteiger charge is -2.11. The van der Waals surface area contributed by atoms with Gasteiger partial charge in [0.15, 0.2) is 0 Å². The summed E-state index contributed by atoms with van der Waals surface area (Å²) in [7, 11) is 0. The first-order chi connectivity index (χ1) is 13.7. The molecule has 4 rings (SSSR count). The molecule has 1 amide bonds. The summed E-state index contributed by atoms with van der Waals surface area (Å²) in [5.74, 6) is 0. The van der Waals surface area contributed by atoms with E-state index in [1.807, 2.05) is 0 Å². The van der Waals surface area contributed by atoms with Crippen molar-refractivity contribution in [3.05, 3.63) is 54.6 Å². The Bertz CT molecular complexity index is 1200. The molecule has 11 heteroatoms. The number of nitrogens with two attached hydrogens (primary N) is 2. The summed E-state index contributed by atoms with van der Waals surface area (Å²) < 4.78 is 47.6. The van der Waals surface area contributed by atoms with E-state index in [9.17, 15) is 18.0 Å². The molecule has 0 radical (unpaired) electrons. The van der Waals surface area contributed by atoms with Gasteiger partial charge in [-0.15, -0.1) is 0 Å². The van der Waals surface area contributed by atoms with Crippen molar-refractivity contribution in [3.63, 3.8) is 0 Å². The molecule has 0 spiro atoms. The number of hydrogen-bond donors (Lipinski definition) is 2. The van der Waals surface area contributed by atoms with Crippen LogP contribution in [0.2, 0.25) is 0 Å². The second kappa shape index (κ2) is 6.78. The number of carbonyl (C=O) groups is 1. The Labute approximate surface area is 165 Å². The minimum atomic E-state index is -4.69. The highest BCUT2D eigenvalue weighted by Crippen LogP contribution is 2.46. The van der Waals surface area contributed by atoms with Crippen LogP contribution in [0.25, 0.3) is 27.2 Å². The topological polar surface area (TPSA) is 109 Å². The molecule has 0 aliphatic rings. The number of ether oxygens (including phenoxy) is 1. The van der Waals surface area contributed by atoms with Gasteiger partial charge >= 0.3 is 12.3 Å². The summed E-state index contributed by atoms with van der Waals surface area (Å²) in [6.45, 7) is 0. The Kier molecular flexibility index (Phi) is 4.38. The quantitative estimate of drug-likeness (QED) is 0.517. The van der Waals surface area contributed by atoms with Gasteiger partial charge in [-0.05, 0) is 18.2 Å². The summed E-state index contributed by atoms with van der Waals surface area (Å²) in [6, 6.07) is 7.70. The Morgan fingerprint density at radius 1 is 1.21 bits per heavy atom. The first-order valence-electron chi connectivity index (χ1n) is 8.10. The molecule has 0 aliphatic carbocycles. The lowest BCUT2D eigenvalue weighted by Crippen LogP contribution is -2.16. The standard InChI is InChI=1S/C18H12F3N5O2S/c19-18(20,21)11-7-12(9-1-3-10(4-2-9)26-6-5-24-8-26)25-15-13(11)14(22)16(29-15)28-17(23)27/h1-8H,22H2,(H2,23,27). The molecule has 0 saturated carbocycles. The van der Waals surface area contributed by atoms with E-state index in [0.717, 1.165) is 23.1 Å². The van der Waals surface area contributed by atoms with Gasteiger partial charge in [0, 0.05) is 23.6 Å². The predicted octanol–water partition coefficient (Wildman–Crippen LogP) is 4.21. The number of hydrogen-bond acceptors (Lipinski definition) is 6. The molecular weight excluding hydrogens is 407 g/mol. The van der Waals surface area contributed by atoms with E-state index >= 15 is 0 Å². The lowest BCUT2D eigenvalue weighted by atomic mass is 10.1. The molecule has 148 valence electrons. The zero-order valence-corrected chi connectivity index (χ0v) is 15.3. The molecule has 4 N–H and O–H groups in total. The highest BCUT2D eigenvalue weighted by atomic mass is 32.1. The van der Waals surface area contributed by atoms with E-state index in [-0.39, 0.29) is 26.7 Å². The van der Waals surface area contributed by atoms with Crippen molar-refractivity contribution in [1.82, 2.24) is 14.5 Å². The first-order valence-corrected chi connectivity index (χ1v) is 8.92. The number of primary amides is 1. The number of amides is 1. The van der Waals surface area contributed by atoms with Crippen LogP contribution in [0.1, 0.15) is 5.56 Å². The predicted molar refractivity (Wildman–Crippen MR) is 102 cm³/mol. The minimum absolute atomic E-state index is 0.0118. The van der Waals surface area contributed by atoms with E-state index in [1.165, 1.54) is 0 Å². The smallest absolute Gasteiger partial charge is 0.397 e. The number of nitrogens with zero attached hydrogens (tertiary/aromatic N) is 3. The summed E-state index contributed by atoms with van der Waals surface area (Å²) in [5, 5.41) is -0.546. The zero-order chi connectivity index (χ0) is 20.8. The number of rotatable bonds is 3. The molecule has 29 heavy (non-hydrogen) atoms. The maximum absolute atomic E-state index is 13.7. The fraction of sp³-hybridized carbons (Fsp3) is 0.0556. The lowest BCUT2D eigenvalue weighted by molar-refractivity contribution is -0.136. The van der Waals surface area contributed by atoms with Crippen LogP contribution < -0.4 is 16.2 Å². The van der Waals surface area contributed by atoms with E-state index in [2.05, 4.69) is 9.97 Å². The van der Waals surface area contributed by atoms with Crippen molar-refractivity contribution in [3.8, 4) is 22.0 Å². The molecule has 7 nitrogen and oxygen atoms in total. The van der Waals surface area contributed by atoms with Crippen LogP contribution in [0, 0.1) is 0 Å².